The number of alkyl halides is 1. The zero-order valence-corrected chi connectivity index (χ0v) is 16.2. The lowest BCUT2D eigenvalue weighted by Gasteiger charge is -2.37. The number of allylic oxidation sites excluding steroid dienone is 2. The van der Waals surface area contributed by atoms with Crippen LogP contribution in [0.4, 0.5) is 4.39 Å². The molecule has 2 saturated carbocycles. The van der Waals surface area contributed by atoms with Crippen molar-refractivity contribution in [1.82, 2.24) is 0 Å². The second-order valence-electron chi connectivity index (χ2n) is 7.74. The van der Waals surface area contributed by atoms with Crippen molar-refractivity contribution >= 4 is 15.9 Å². The minimum absolute atomic E-state index is 0.215. The Morgan fingerprint density at radius 1 is 0.875 bits per heavy atom. The van der Waals surface area contributed by atoms with Gasteiger partial charge in [-0.15, -0.1) is 0 Å². The molecule has 0 atom stereocenters. The van der Waals surface area contributed by atoms with Gasteiger partial charge in [0.25, 0.3) is 0 Å². The van der Waals surface area contributed by atoms with Crippen LogP contribution in [-0.4, -0.2) is 6.67 Å². The Morgan fingerprint density at radius 3 is 2.04 bits per heavy atom. The maximum absolute atomic E-state index is 12.2. The molecule has 0 saturated heterocycles. The number of benzene rings is 1. The fraction of sp³-hybridized carbons (Fsp3) is 0.636. The third-order valence-electron chi connectivity index (χ3n) is 6.28. The Kier molecular flexibility index (Phi) is 6.95. The molecule has 2 fully saturated rings. The van der Waals surface area contributed by atoms with Crippen LogP contribution in [0.1, 0.15) is 69.3 Å². The van der Waals surface area contributed by atoms with Gasteiger partial charge in [0.15, 0.2) is 0 Å². The molecule has 1 aromatic carbocycles. The fourth-order valence-electron chi connectivity index (χ4n) is 4.82. The summed E-state index contributed by atoms with van der Waals surface area (Å²) >= 11 is 3.53. The van der Waals surface area contributed by atoms with Gasteiger partial charge in [-0.05, 0) is 99.2 Å². The van der Waals surface area contributed by atoms with Gasteiger partial charge in [-0.25, -0.2) is 0 Å². The molecule has 0 aliphatic heterocycles. The van der Waals surface area contributed by atoms with E-state index in [0.29, 0.717) is 12.3 Å². The van der Waals surface area contributed by atoms with E-state index in [0.717, 1.165) is 17.8 Å². The molecule has 2 aliphatic rings. The van der Waals surface area contributed by atoms with Gasteiger partial charge in [-0.1, -0.05) is 40.2 Å². The number of hydrogen-bond donors (Lipinski definition) is 0. The highest BCUT2D eigenvalue weighted by Crippen LogP contribution is 2.44. The smallest absolute Gasteiger partial charge is 0.0928 e. The predicted molar refractivity (Wildman–Crippen MR) is 104 cm³/mol. The third kappa shape index (κ3) is 4.94. The highest BCUT2D eigenvalue weighted by molar-refractivity contribution is 9.10. The molecule has 0 heterocycles. The van der Waals surface area contributed by atoms with Gasteiger partial charge in [0, 0.05) is 4.47 Å². The molecule has 0 bridgehead atoms. The lowest BCUT2D eigenvalue weighted by atomic mass is 9.68. The molecule has 0 radical (unpaired) electrons. The van der Waals surface area contributed by atoms with E-state index in [1.165, 1.54) is 61.4 Å². The average Bonchev–Trinajstić information content (AvgIpc) is 2.63. The van der Waals surface area contributed by atoms with Crippen LogP contribution in [0, 0.1) is 17.8 Å². The summed E-state index contributed by atoms with van der Waals surface area (Å²) in [5, 5.41) is 0. The standard InChI is InChI=1S/C22H30BrF/c23-22-14-12-21(13-15-22)20-10-8-19(9-11-20)18-6-4-17(5-7-18)3-1-2-16-24/h1,3,12-15,17-20H,2,4-11,16H2/t17-,18-,19-,20-. The summed E-state index contributed by atoms with van der Waals surface area (Å²) in [7, 11) is 0. The van der Waals surface area contributed by atoms with Crippen LogP contribution in [-0.2, 0) is 0 Å². The molecule has 132 valence electrons. The van der Waals surface area contributed by atoms with E-state index in [4.69, 9.17) is 0 Å². The quantitative estimate of drug-likeness (QED) is 0.456. The number of halogens is 2. The molecule has 2 aliphatic carbocycles. The summed E-state index contributed by atoms with van der Waals surface area (Å²) < 4.78 is 13.4. The van der Waals surface area contributed by atoms with Crippen molar-refractivity contribution in [2.75, 3.05) is 6.67 Å². The Morgan fingerprint density at radius 2 is 1.46 bits per heavy atom. The summed E-state index contributed by atoms with van der Waals surface area (Å²) in [5.74, 6) is 3.38. The average molecular weight is 393 g/mol. The number of rotatable bonds is 5. The molecule has 0 aromatic heterocycles. The van der Waals surface area contributed by atoms with Gasteiger partial charge in [-0.2, -0.15) is 0 Å². The minimum Gasteiger partial charge on any atom is -0.251 e. The zero-order valence-electron chi connectivity index (χ0n) is 14.6. The van der Waals surface area contributed by atoms with Crippen molar-refractivity contribution < 1.29 is 4.39 Å². The molecule has 0 nitrogen and oxygen atoms in total. The van der Waals surface area contributed by atoms with Crippen LogP contribution >= 0.6 is 15.9 Å². The molecule has 0 N–H and O–H groups in total. The molecule has 3 rings (SSSR count). The van der Waals surface area contributed by atoms with E-state index >= 15 is 0 Å². The van der Waals surface area contributed by atoms with Crippen LogP contribution in [0.3, 0.4) is 0 Å². The molecular formula is C22H30BrF. The van der Waals surface area contributed by atoms with Gasteiger partial charge < -0.3 is 0 Å². The van der Waals surface area contributed by atoms with Gasteiger partial charge in [-0.3, -0.25) is 4.39 Å². The van der Waals surface area contributed by atoms with E-state index in [-0.39, 0.29) is 6.67 Å². The summed E-state index contributed by atoms with van der Waals surface area (Å²) in [5.41, 5.74) is 1.53. The summed E-state index contributed by atoms with van der Waals surface area (Å²) in [6.45, 7) is -0.215. The molecule has 24 heavy (non-hydrogen) atoms. The first-order valence-corrected chi connectivity index (χ1v) is 10.5. The Bertz CT molecular complexity index is 505. The molecule has 1 aromatic rings. The van der Waals surface area contributed by atoms with Crippen LogP contribution in [0.2, 0.25) is 0 Å². The highest BCUT2D eigenvalue weighted by Gasteiger charge is 2.30. The van der Waals surface area contributed by atoms with Gasteiger partial charge in [0.05, 0.1) is 6.67 Å². The van der Waals surface area contributed by atoms with E-state index in [9.17, 15) is 4.39 Å². The zero-order chi connectivity index (χ0) is 16.8. The van der Waals surface area contributed by atoms with Crippen LogP contribution in [0.5, 0.6) is 0 Å². The predicted octanol–water partition coefficient (Wildman–Crippen LogP) is 7.45. The fourth-order valence-corrected chi connectivity index (χ4v) is 5.08. The first-order chi connectivity index (χ1) is 11.8. The maximum Gasteiger partial charge on any atom is 0.0928 e. The monoisotopic (exact) mass is 392 g/mol. The van der Waals surface area contributed by atoms with Crippen molar-refractivity contribution in [3.05, 3.63) is 46.5 Å². The second kappa shape index (κ2) is 9.17. The Hall–Kier alpha value is -0.630. The SMILES string of the molecule is FCCC=C[C@H]1CC[C@H]([C@H]2CC[C@H](c3ccc(Br)cc3)CC2)CC1. The normalized spacial score (nSPS) is 31.4. The lowest BCUT2D eigenvalue weighted by molar-refractivity contribution is 0.171. The molecule has 2 heteroatoms. The largest absolute Gasteiger partial charge is 0.251 e. The van der Waals surface area contributed by atoms with Crippen molar-refractivity contribution in [2.45, 2.75) is 63.7 Å². The van der Waals surface area contributed by atoms with E-state index < -0.39 is 0 Å². The van der Waals surface area contributed by atoms with Gasteiger partial charge in [0.1, 0.15) is 0 Å². The van der Waals surface area contributed by atoms with Crippen molar-refractivity contribution in [3.8, 4) is 0 Å². The second-order valence-corrected chi connectivity index (χ2v) is 8.66. The minimum atomic E-state index is -0.215. The molecular weight excluding hydrogens is 363 g/mol. The summed E-state index contributed by atoms with van der Waals surface area (Å²) in [4.78, 5) is 0. The molecule has 0 amide bonds. The third-order valence-corrected chi connectivity index (χ3v) is 6.81. The highest BCUT2D eigenvalue weighted by atomic mass is 79.9. The molecule has 0 unspecified atom stereocenters. The molecule has 0 spiro atoms. The Labute approximate surface area is 155 Å². The van der Waals surface area contributed by atoms with E-state index in [1.54, 1.807) is 0 Å². The maximum atomic E-state index is 12.2. The van der Waals surface area contributed by atoms with Crippen molar-refractivity contribution in [1.29, 1.82) is 0 Å². The first-order valence-electron chi connectivity index (χ1n) is 9.74. The summed E-state index contributed by atoms with van der Waals surface area (Å²) in [6, 6.07) is 8.95. The topological polar surface area (TPSA) is 0 Å². The first kappa shape index (κ1) is 18.2. The van der Waals surface area contributed by atoms with Crippen molar-refractivity contribution in [3.63, 3.8) is 0 Å². The van der Waals surface area contributed by atoms with Gasteiger partial charge >= 0.3 is 0 Å². The van der Waals surface area contributed by atoms with E-state index in [2.05, 4.69) is 52.3 Å². The van der Waals surface area contributed by atoms with E-state index in [1.807, 2.05) is 0 Å². The summed E-state index contributed by atoms with van der Waals surface area (Å²) in [6.07, 6.45) is 15.9. The van der Waals surface area contributed by atoms with Crippen molar-refractivity contribution in [2.24, 2.45) is 17.8 Å². The van der Waals surface area contributed by atoms with Crippen LogP contribution in [0.15, 0.2) is 40.9 Å². The van der Waals surface area contributed by atoms with Gasteiger partial charge in [0.2, 0.25) is 0 Å². The van der Waals surface area contributed by atoms with Crippen LogP contribution < -0.4 is 0 Å². The number of hydrogen-bond acceptors (Lipinski definition) is 0. The Balaban J connectivity index is 1.43. The van der Waals surface area contributed by atoms with Crippen LogP contribution in [0.25, 0.3) is 0 Å². The lowest BCUT2D eigenvalue weighted by Crippen LogP contribution is -2.25.